The molecule has 0 N–H and O–H groups in total. The molecule has 0 aromatic heterocycles. The number of rotatable bonds is 2. The second kappa shape index (κ2) is 5.98. The predicted molar refractivity (Wildman–Crippen MR) is 102 cm³/mol. The number of Topliss-reactive ketones (excluding diaryl/α,β-unsaturated/α-hetero) is 1. The van der Waals surface area contributed by atoms with E-state index in [0.717, 1.165) is 11.1 Å². The van der Waals surface area contributed by atoms with Gasteiger partial charge in [-0.05, 0) is 63.2 Å². The first-order valence-corrected chi connectivity index (χ1v) is 10.1. The van der Waals surface area contributed by atoms with E-state index < -0.39 is 28.6 Å². The normalized spacial score (nSPS) is 44.0. The molecule has 0 radical (unpaired) electrons. The number of ketones is 2. The number of hydrogen-bond donors (Lipinski definition) is 0. The summed E-state index contributed by atoms with van der Waals surface area (Å²) in [5, 5.41) is 0. The Morgan fingerprint density at radius 1 is 1.21 bits per heavy atom. The zero-order chi connectivity index (χ0) is 20.5. The lowest BCUT2D eigenvalue weighted by Gasteiger charge is -2.62. The quantitative estimate of drug-likeness (QED) is 0.672. The van der Waals surface area contributed by atoms with Crippen LogP contribution in [0.15, 0.2) is 35.5 Å². The van der Waals surface area contributed by atoms with Crippen molar-refractivity contribution in [1.29, 1.82) is 0 Å². The van der Waals surface area contributed by atoms with Crippen LogP contribution in [0, 0.1) is 22.7 Å². The first kappa shape index (κ1) is 19.3. The Labute approximate surface area is 164 Å². The number of fused-ring (bicyclic) bond motifs is 5. The lowest BCUT2D eigenvalue weighted by atomic mass is 9.45. The van der Waals surface area contributed by atoms with E-state index in [0.29, 0.717) is 19.3 Å². The van der Waals surface area contributed by atoms with Crippen LogP contribution in [-0.2, 0) is 19.1 Å². The Hall–Kier alpha value is -2.04. The lowest BCUT2D eigenvalue weighted by Crippen LogP contribution is -2.67. The molecule has 0 bridgehead atoms. The summed E-state index contributed by atoms with van der Waals surface area (Å²) in [7, 11) is 0. The molecule has 6 atom stereocenters. The molecule has 4 aliphatic rings. The maximum Gasteiger partial charge on any atom is 0.303 e. The SMILES string of the molecule is CC(=O)O[C@H]1C[C@]2(C)C(C(C)=O)=CC[C@H]2[C@@H]2CCC3=CC(=O)C=C[C@]3(C)[C@@]12F. The minimum Gasteiger partial charge on any atom is -0.459 e. The molecule has 28 heavy (non-hydrogen) atoms. The van der Waals surface area contributed by atoms with Crippen LogP contribution < -0.4 is 0 Å². The summed E-state index contributed by atoms with van der Waals surface area (Å²) in [4.78, 5) is 36.1. The molecule has 0 saturated heterocycles. The van der Waals surface area contributed by atoms with Gasteiger partial charge >= 0.3 is 5.97 Å². The third kappa shape index (κ3) is 2.31. The topological polar surface area (TPSA) is 60.4 Å². The Morgan fingerprint density at radius 2 is 1.93 bits per heavy atom. The van der Waals surface area contributed by atoms with E-state index in [2.05, 4.69) is 0 Å². The predicted octanol–water partition coefficient (Wildman–Crippen LogP) is 4.05. The molecule has 150 valence electrons. The average molecular weight is 386 g/mol. The van der Waals surface area contributed by atoms with Gasteiger partial charge in [0.1, 0.15) is 6.10 Å². The maximum atomic E-state index is 17.2. The van der Waals surface area contributed by atoms with Crippen LogP contribution in [0.2, 0.25) is 0 Å². The van der Waals surface area contributed by atoms with Gasteiger partial charge in [0.15, 0.2) is 17.2 Å². The minimum absolute atomic E-state index is 0.00342. The van der Waals surface area contributed by atoms with Gasteiger partial charge in [0.05, 0.1) is 0 Å². The van der Waals surface area contributed by atoms with Gasteiger partial charge in [-0.2, -0.15) is 0 Å². The van der Waals surface area contributed by atoms with Gasteiger partial charge < -0.3 is 4.74 Å². The fourth-order valence-electron chi connectivity index (χ4n) is 6.62. The van der Waals surface area contributed by atoms with Gasteiger partial charge in [0, 0.05) is 23.7 Å². The Kier molecular flexibility index (Phi) is 4.12. The number of halogens is 1. The molecule has 2 saturated carbocycles. The molecule has 0 amide bonds. The van der Waals surface area contributed by atoms with Crippen molar-refractivity contribution in [3.05, 3.63) is 35.5 Å². The largest absolute Gasteiger partial charge is 0.459 e. The highest BCUT2D eigenvalue weighted by molar-refractivity contribution is 6.01. The number of esters is 1. The summed E-state index contributed by atoms with van der Waals surface area (Å²) in [6.45, 7) is 6.69. The first-order valence-electron chi connectivity index (χ1n) is 10.1. The molecule has 0 aromatic carbocycles. The first-order chi connectivity index (χ1) is 13.0. The van der Waals surface area contributed by atoms with E-state index in [-0.39, 0.29) is 29.8 Å². The monoisotopic (exact) mass is 386 g/mol. The summed E-state index contributed by atoms with van der Waals surface area (Å²) >= 11 is 0. The van der Waals surface area contributed by atoms with E-state index in [4.69, 9.17) is 4.74 Å². The van der Waals surface area contributed by atoms with Crippen molar-refractivity contribution < 1.29 is 23.5 Å². The van der Waals surface area contributed by atoms with Crippen LogP contribution in [0.5, 0.6) is 0 Å². The number of hydrogen-bond acceptors (Lipinski definition) is 4. The van der Waals surface area contributed by atoms with Crippen LogP contribution in [0.25, 0.3) is 0 Å². The van der Waals surface area contributed by atoms with E-state index in [1.807, 2.05) is 19.9 Å². The van der Waals surface area contributed by atoms with Gasteiger partial charge in [-0.1, -0.05) is 24.6 Å². The van der Waals surface area contributed by atoms with Crippen molar-refractivity contribution in [3.63, 3.8) is 0 Å². The highest BCUT2D eigenvalue weighted by Crippen LogP contribution is 2.68. The van der Waals surface area contributed by atoms with Crippen molar-refractivity contribution in [2.24, 2.45) is 22.7 Å². The van der Waals surface area contributed by atoms with Crippen LogP contribution in [-0.4, -0.2) is 29.3 Å². The number of alkyl halides is 1. The van der Waals surface area contributed by atoms with Gasteiger partial charge in [0.25, 0.3) is 0 Å². The van der Waals surface area contributed by atoms with Crippen molar-refractivity contribution in [2.45, 2.75) is 65.2 Å². The molecule has 4 rings (SSSR count). The Balaban J connectivity index is 1.86. The highest BCUT2D eigenvalue weighted by atomic mass is 19.1. The molecule has 4 nitrogen and oxygen atoms in total. The third-order valence-electron chi connectivity index (χ3n) is 7.89. The van der Waals surface area contributed by atoms with Crippen molar-refractivity contribution >= 4 is 17.5 Å². The summed E-state index contributed by atoms with van der Waals surface area (Å²) in [6.07, 6.45) is 7.79. The third-order valence-corrected chi connectivity index (χ3v) is 7.89. The summed E-state index contributed by atoms with van der Waals surface area (Å²) in [5.41, 5.74) is -1.80. The fraction of sp³-hybridized carbons (Fsp3) is 0.609. The smallest absolute Gasteiger partial charge is 0.303 e. The molecular formula is C23H27FO4. The number of ether oxygens (including phenoxy) is 1. The van der Waals surface area contributed by atoms with Crippen LogP contribution in [0.1, 0.15) is 53.4 Å². The molecule has 0 unspecified atom stereocenters. The second-order valence-corrected chi connectivity index (χ2v) is 9.26. The molecule has 0 spiro atoms. The Morgan fingerprint density at radius 3 is 2.57 bits per heavy atom. The van der Waals surface area contributed by atoms with Crippen molar-refractivity contribution in [2.75, 3.05) is 0 Å². The van der Waals surface area contributed by atoms with Crippen LogP contribution in [0.3, 0.4) is 0 Å². The zero-order valence-corrected chi connectivity index (χ0v) is 16.9. The molecule has 4 aliphatic carbocycles. The molecular weight excluding hydrogens is 359 g/mol. The standard InChI is InChI=1S/C23H27FO4/c1-13(25)17-7-8-18-19-6-5-15-11-16(27)9-10-22(15,4)23(19,24)20(28-14(2)26)12-21(17,18)3/h7,9-11,18-20H,5-6,8,12H2,1-4H3/t18-,19-,20-,21+,22-,23-/m0/s1. The van der Waals surface area contributed by atoms with Gasteiger partial charge in [-0.25, -0.2) is 4.39 Å². The van der Waals surface area contributed by atoms with E-state index >= 15 is 4.39 Å². The van der Waals surface area contributed by atoms with E-state index in [1.165, 1.54) is 13.0 Å². The Bertz CT molecular complexity index is 868. The van der Waals surface area contributed by atoms with Crippen molar-refractivity contribution in [1.82, 2.24) is 0 Å². The maximum absolute atomic E-state index is 17.2. The molecule has 0 aromatic rings. The number of allylic oxidation sites excluding steroid dienone is 6. The molecule has 0 aliphatic heterocycles. The minimum atomic E-state index is -1.82. The second-order valence-electron chi connectivity index (χ2n) is 9.26. The molecule has 5 heteroatoms. The van der Waals surface area contributed by atoms with E-state index in [9.17, 15) is 14.4 Å². The molecule has 0 heterocycles. The van der Waals surface area contributed by atoms with Crippen molar-refractivity contribution in [3.8, 4) is 0 Å². The number of carbonyl (C=O) groups excluding carboxylic acids is 3. The summed E-state index contributed by atoms with van der Waals surface area (Å²) in [6, 6.07) is 0. The van der Waals surface area contributed by atoms with Gasteiger partial charge in [0.2, 0.25) is 0 Å². The van der Waals surface area contributed by atoms with Crippen LogP contribution >= 0.6 is 0 Å². The van der Waals surface area contributed by atoms with Crippen LogP contribution in [0.4, 0.5) is 4.39 Å². The summed E-state index contributed by atoms with van der Waals surface area (Å²) in [5.74, 6) is -1.02. The van der Waals surface area contributed by atoms with E-state index in [1.54, 1.807) is 19.1 Å². The zero-order valence-electron chi connectivity index (χ0n) is 16.9. The molecule has 2 fully saturated rings. The lowest BCUT2D eigenvalue weighted by molar-refractivity contribution is -0.206. The van der Waals surface area contributed by atoms with Gasteiger partial charge in [-0.15, -0.1) is 0 Å². The summed E-state index contributed by atoms with van der Waals surface area (Å²) < 4.78 is 22.8. The average Bonchev–Trinajstić information content (AvgIpc) is 2.93. The highest BCUT2D eigenvalue weighted by Gasteiger charge is 2.70. The van der Waals surface area contributed by atoms with Gasteiger partial charge in [-0.3, -0.25) is 14.4 Å². The number of carbonyl (C=O) groups is 3. The fourth-order valence-corrected chi connectivity index (χ4v) is 6.62.